The molecule has 1 saturated carbocycles. The number of hydrogen-bond donors (Lipinski definition) is 0. The molecule has 1 saturated heterocycles. The monoisotopic (exact) mass is 182 g/mol. The van der Waals surface area contributed by atoms with E-state index in [0.717, 1.165) is 12.0 Å². The first-order valence-corrected chi connectivity index (χ1v) is 5.46. The molecule has 2 heteroatoms. The minimum absolute atomic E-state index is 0.470. The van der Waals surface area contributed by atoms with Gasteiger partial charge in [0, 0.05) is 26.2 Å². The third kappa shape index (κ3) is 1.89. The molecule has 0 spiro atoms. The first-order valence-electron chi connectivity index (χ1n) is 5.46. The molecule has 13 heavy (non-hydrogen) atoms. The third-order valence-corrected chi connectivity index (χ3v) is 3.52. The van der Waals surface area contributed by atoms with Crippen LogP contribution < -0.4 is 0 Å². The Balaban J connectivity index is 1.97. The van der Waals surface area contributed by atoms with E-state index in [1.807, 2.05) is 0 Å². The van der Waals surface area contributed by atoms with Gasteiger partial charge in [-0.2, -0.15) is 0 Å². The molecule has 2 nitrogen and oxygen atoms in total. The second-order valence-corrected chi connectivity index (χ2v) is 5.76. The molecule has 0 N–H and O–H groups in total. The summed E-state index contributed by atoms with van der Waals surface area (Å²) in [7, 11) is 2.24. The van der Waals surface area contributed by atoms with Crippen molar-refractivity contribution in [3.05, 3.63) is 0 Å². The Kier molecular flexibility index (Phi) is 2.16. The fraction of sp³-hybridized carbons (Fsp3) is 1.00. The predicted molar refractivity (Wildman–Crippen MR) is 55.3 cm³/mol. The summed E-state index contributed by atoms with van der Waals surface area (Å²) in [5, 5.41) is 5.02. The van der Waals surface area contributed by atoms with Crippen molar-refractivity contribution >= 4 is 0 Å². The lowest BCUT2D eigenvalue weighted by atomic mass is 9.81. The van der Waals surface area contributed by atoms with E-state index < -0.39 is 0 Å². The van der Waals surface area contributed by atoms with Gasteiger partial charge in [0.2, 0.25) is 0 Å². The maximum absolute atomic E-state index is 2.58. The zero-order valence-corrected chi connectivity index (χ0v) is 9.38. The average Bonchev–Trinajstić information content (AvgIpc) is 2.73. The molecule has 2 rings (SSSR count). The largest absolute Gasteiger partial charge is 0.244 e. The van der Waals surface area contributed by atoms with Crippen molar-refractivity contribution in [1.29, 1.82) is 0 Å². The highest BCUT2D eigenvalue weighted by Crippen LogP contribution is 2.37. The van der Waals surface area contributed by atoms with Crippen molar-refractivity contribution in [2.45, 2.75) is 39.7 Å². The van der Waals surface area contributed by atoms with Gasteiger partial charge in [-0.15, -0.1) is 0 Å². The van der Waals surface area contributed by atoms with Gasteiger partial charge in [0.15, 0.2) is 0 Å². The van der Waals surface area contributed by atoms with E-state index in [9.17, 15) is 0 Å². The third-order valence-electron chi connectivity index (χ3n) is 3.52. The lowest BCUT2D eigenvalue weighted by molar-refractivity contribution is 0.0469. The van der Waals surface area contributed by atoms with Crippen LogP contribution in [0, 0.1) is 11.3 Å². The molecule has 0 radical (unpaired) electrons. The molecule has 0 aromatic rings. The molecule has 1 heterocycles. The summed E-state index contributed by atoms with van der Waals surface area (Å²) < 4.78 is 0. The van der Waals surface area contributed by atoms with E-state index in [2.05, 4.69) is 37.8 Å². The first-order chi connectivity index (χ1) is 5.98. The summed E-state index contributed by atoms with van der Waals surface area (Å²) in [6, 6.07) is 0.886. The second-order valence-electron chi connectivity index (χ2n) is 5.76. The molecular formula is C11H22N2. The smallest absolute Gasteiger partial charge is 0.0247 e. The molecule has 1 aliphatic carbocycles. The SMILES string of the molecule is CN1CC(C(C)(C)C)CN1C1CC1. The Hall–Kier alpha value is -0.0800. The Bertz CT molecular complexity index is 191. The van der Waals surface area contributed by atoms with Gasteiger partial charge in [-0.3, -0.25) is 0 Å². The van der Waals surface area contributed by atoms with Crippen molar-refractivity contribution < 1.29 is 0 Å². The molecule has 2 fully saturated rings. The van der Waals surface area contributed by atoms with Crippen molar-refractivity contribution in [2.75, 3.05) is 20.1 Å². The zero-order chi connectivity index (χ0) is 9.64. The number of hydrazine groups is 1. The van der Waals surface area contributed by atoms with Crippen LogP contribution in [0.5, 0.6) is 0 Å². The molecule has 1 aliphatic heterocycles. The van der Waals surface area contributed by atoms with Gasteiger partial charge in [-0.05, 0) is 24.2 Å². The predicted octanol–water partition coefficient (Wildman–Crippen LogP) is 1.97. The lowest BCUT2D eigenvalue weighted by Crippen LogP contribution is -2.34. The molecule has 0 amide bonds. The quantitative estimate of drug-likeness (QED) is 0.612. The molecule has 0 bridgehead atoms. The molecule has 76 valence electrons. The van der Waals surface area contributed by atoms with Gasteiger partial charge in [-0.25, -0.2) is 10.0 Å². The van der Waals surface area contributed by atoms with Crippen LogP contribution in [0.2, 0.25) is 0 Å². The summed E-state index contributed by atoms with van der Waals surface area (Å²) in [4.78, 5) is 0. The summed E-state index contributed by atoms with van der Waals surface area (Å²) in [6.07, 6.45) is 2.84. The van der Waals surface area contributed by atoms with Gasteiger partial charge < -0.3 is 0 Å². The Morgan fingerprint density at radius 2 is 1.69 bits per heavy atom. The van der Waals surface area contributed by atoms with Crippen LogP contribution >= 0.6 is 0 Å². The Labute approximate surface area is 81.9 Å². The van der Waals surface area contributed by atoms with E-state index >= 15 is 0 Å². The zero-order valence-electron chi connectivity index (χ0n) is 9.38. The van der Waals surface area contributed by atoms with Crippen LogP contribution in [-0.4, -0.2) is 36.2 Å². The maximum atomic E-state index is 2.58. The first kappa shape index (κ1) is 9.47. The van der Waals surface area contributed by atoms with Crippen LogP contribution in [0.25, 0.3) is 0 Å². The molecule has 1 unspecified atom stereocenters. The normalized spacial score (nSPS) is 32.8. The molecule has 2 aliphatic rings. The molecular weight excluding hydrogens is 160 g/mol. The van der Waals surface area contributed by atoms with Gasteiger partial charge in [0.25, 0.3) is 0 Å². The number of nitrogens with zero attached hydrogens (tertiary/aromatic N) is 2. The molecule has 1 atom stereocenters. The van der Waals surface area contributed by atoms with E-state index in [-0.39, 0.29) is 0 Å². The van der Waals surface area contributed by atoms with Gasteiger partial charge in [0.05, 0.1) is 0 Å². The van der Waals surface area contributed by atoms with Crippen molar-refractivity contribution in [3.8, 4) is 0 Å². The average molecular weight is 182 g/mol. The van der Waals surface area contributed by atoms with Crippen LogP contribution in [0.15, 0.2) is 0 Å². The van der Waals surface area contributed by atoms with Gasteiger partial charge in [-0.1, -0.05) is 20.8 Å². The minimum atomic E-state index is 0.470. The number of rotatable bonds is 1. The van der Waals surface area contributed by atoms with E-state index in [4.69, 9.17) is 0 Å². The fourth-order valence-corrected chi connectivity index (χ4v) is 2.19. The van der Waals surface area contributed by atoms with E-state index in [1.165, 1.54) is 25.9 Å². The minimum Gasteiger partial charge on any atom is -0.244 e. The van der Waals surface area contributed by atoms with E-state index in [0.29, 0.717) is 5.41 Å². The summed E-state index contributed by atoms with van der Waals surface area (Å²) in [5.41, 5.74) is 0.470. The van der Waals surface area contributed by atoms with Crippen LogP contribution in [0.1, 0.15) is 33.6 Å². The Morgan fingerprint density at radius 3 is 2.08 bits per heavy atom. The van der Waals surface area contributed by atoms with Gasteiger partial charge >= 0.3 is 0 Å². The van der Waals surface area contributed by atoms with Gasteiger partial charge in [0.1, 0.15) is 0 Å². The van der Waals surface area contributed by atoms with Crippen LogP contribution in [0.3, 0.4) is 0 Å². The van der Waals surface area contributed by atoms with Crippen LogP contribution in [0.4, 0.5) is 0 Å². The van der Waals surface area contributed by atoms with Crippen molar-refractivity contribution in [3.63, 3.8) is 0 Å². The maximum Gasteiger partial charge on any atom is 0.0247 e. The van der Waals surface area contributed by atoms with Crippen molar-refractivity contribution in [2.24, 2.45) is 11.3 Å². The second kappa shape index (κ2) is 2.96. The fourth-order valence-electron chi connectivity index (χ4n) is 2.19. The number of hydrogen-bond acceptors (Lipinski definition) is 2. The highest BCUT2D eigenvalue weighted by Gasteiger charge is 2.41. The highest BCUT2D eigenvalue weighted by atomic mass is 15.7. The van der Waals surface area contributed by atoms with Crippen LogP contribution in [-0.2, 0) is 0 Å². The summed E-state index contributed by atoms with van der Waals surface area (Å²) >= 11 is 0. The molecule has 0 aromatic carbocycles. The lowest BCUT2D eigenvalue weighted by Gasteiger charge is -2.25. The highest BCUT2D eigenvalue weighted by molar-refractivity contribution is 4.91. The standard InChI is InChI=1S/C11H22N2/c1-11(2,3)9-7-12(4)13(8-9)10-5-6-10/h9-10H,5-8H2,1-4H3. The summed E-state index contributed by atoms with van der Waals surface area (Å²) in [5.74, 6) is 0.845. The summed E-state index contributed by atoms with van der Waals surface area (Å²) in [6.45, 7) is 9.62. The van der Waals surface area contributed by atoms with E-state index in [1.54, 1.807) is 0 Å². The van der Waals surface area contributed by atoms with Crippen molar-refractivity contribution in [1.82, 2.24) is 10.0 Å². The topological polar surface area (TPSA) is 6.48 Å². The molecule has 0 aromatic heterocycles. The Morgan fingerprint density at radius 1 is 1.08 bits per heavy atom.